The van der Waals surface area contributed by atoms with E-state index in [-0.39, 0.29) is 0 Å². The standard InChI is InChI=1S/C5H3F7O2.C4H4F4O2/c6-2(7)4(8,9)1-14-3(13)5(10,11)12;1-10-3(9)4(7,8)2(5)6/h2H,1H2;2H,1H3. The Balaban J connectivity index is 0. The van der Waals surface area contributed by atoms with Gasteiger partial charge in [0.05, 0.1) is 7.11 Å². The zero-order chi connectivity index (χ0) is 19.9. The molecular formula is C9H7F11O4. The fourth-order valence-corrected chi connectivity index (χ4v) is 0.532. The van der Waals surface area contributed by atoms with E-state index in [0.717, 1.165) is 0 Å². The Morgan fingerprint density at radius 3 is 1.46 bits per heavy atom. The fourth-order valence-electron chi connectivity index (χ4n) is 0.532. The molecule has 0 spiro atoms. The van der Waals surface area contributed by atoms with Crippen LogP contribution >= 0.6 is 0 Å². The third kappa shape index (κ3) is 8.14. The average Bonchev–Trinajstić information content (AvgIpc) is 2.42. The van der Waals surface area contributed by atoms with Crippen molar-refractivity contribution < 1.29 is 67.4 Å². The molecule has 144 valence electrons. The Bertz CT molecular complexity index is 418. The maximum absolute atomic E-state index is 11.9. The Kier molecular flexibility index (Phi) is 9.02. The lowest BCUT2D eigenvalue weighted by atomic mass is 10.4. The van der Waals surface area contributed by atoms with E-state index in [1.807, 2.05) is 0 Å². The van der Waals surface area contributed by atoms with Gasteiger partial charge in [0.1, 0.15) is 0 Å². The highest BCUT2D eigenvalue weighted by molar-refractivity contribution is 5.77. The molecule has 0 fully saturated rings. The smallest absolute Gasteiger partial charge is 0.464 e. The van der Waals surface area contributed by atoms with Gasteiger partial charge in [0.25, 0.3) is 0 Å². The van der Waals surface area contributed by atoms with Crippen molar-refractivity contribution in [2.45, 2.75) is 30.9 Å². The maximum atomic E-state index is 11.9. The SMILES string of the molecule is COC(=O)C(F)(F)C(F)F.O=C(OCC(F)(F)C(F)F)C(F)(F)F. The minimum Gasteiger partial charge on any atom is -0.464 e. The van der Waals surface area contributed by atoms with Crippen LogP contribution in [-0.2, 0) is 19.1 Å². The Labute approximate surface area is 125 Å². The van der Waals surface area contributed by atoms with Gasteiger partial charge in [-0.1, -0.05) is 0 Å². The van der Waals surface area contributed by atoms with Crippen molar-refractivity contribution in [1.29, 1.82) is 0 Å². The summed E-state index contributed by atoms with van der Waals surface area (Å²) in [4.78, 5) is 19.6. The summed E-state index contributed by atoms with van der Waals surface area (Å²) in [6.07, 6.45) is -13.7. The number of hydrogen-bond acceptors (Lipinski definition) is 4. The number of esters is 2. The Morgan fingerprint density at radius 1 is 0.833 bits per heavy atom. The van der Waals surface area contributed by atoms with Gasteiger partial charge >= 0.3 is 42.8 Å². The minimum absolute atomic E-state index is 0.610. The summed E-state index contributed by atoms with van der Waals surface area (Å²) >= 11 is 0. The summed E-state index contributed by atoms with van der Waals surface area (Å²) in [5.74, 6) is -14.6. The number of rotatable bonds is 5. The molecule has 0 aromatic rings. The molecule has 0 aliphatic carbocycles. The first kappa shape index (κ1) is 24.4. The van der Waals surface area contributed by atoms with Crippen molar-refractivity contribution >= 4 is 11.9 Å². The molecule has 0 bridgehead atoms. The predicted octanol–water partition coefficient (Wildman–Crippen LogP) is 3.05. The van der Waals surface area contributed by atoms with Crippen LogP contribution in [0.5, 0.6) is 0 Å². The van der Waals surface area contributed by atoms with E-state index in [2.05, 4.69) is 9.47 Å². The van der Waals surface area contributed by atoms with Gasteiger partial charge in [0.15, 0.2) is 6.61 Å². The van der Waals surface area contributed by atoms with Gasteiger partial charge in [-0.2, -0.15) is 30.7 Å². The summed E-state index contributed by atoms with van der Waals surface area (Å²) in [5.41, 5.74) is 0. The quantitative estimate of drug-likeness (QED) is 0.537. The van der Waals surface area contributed by atoms with Crippen LogP contribution in [0.15, 0.2) is 0 Å². The van der Waals surface area contributed by atoms with Gasteiger partial charge in [-0.3, -0.25) is 0 Å². The number of methoxy groups -OCH3 is 1. The molecule has 0 saturated heterocycles. The number of halogens is 11. The van der Waals surface area contributed by atoms with Gasteiger partial charge in [-0.15, -0.1) is 0 Å². The number of carbonyl (C=O) groups is 2. The molecule has 0 saturated carbocycles. The summed E-state index contributed by atoms with van der Waals surface area (Å²) in [6, 6.07) is 0. The topological polar surface area (TPSA) is 52.6 Å². The van der Waals surface area contributed by atoms with Gasteiger partial charge in [0, 0.05) is 0 Å². The van der Waals surface area contributed by atoms with Crippen LogP contribution in [0.25, 0.3) is 0 Å². The summed E-state index contributed by atoms with van der Waals surface area (Å²) < 4.78 is 133. The lowest BCUT2D eigenvalue weighted by molar-refractivity contribution is -0.217. The number of carbonyl (C=O) groups excluding carboxylic acids is 2. The highest BCUT2D eigenvalue weighted by atomic mass is 19.4. The van der Waals surface area contributed by atoms with Crippen molar-refractivity contribution in [1.82, 2.24) is 0 Å². The molecule has 0 atom stereocenters. The molecule has 0 N–H and O–H groups in total. The van der Waals surface area contributed by atoms with Crippen LogP contribution in [0.4, 0.5) is 48.3 Å². The van der Waals surface area contributed by atoms with Crippen molar-refractivity contribution in [3.63, 3.8) is 0 Å². The molecule has 0 rings (SSSR count). The van der Waals surface area contributed by atoms with Crippen LogP contribution in [0, 0.1) is 0 Å². The zero-order valence-electron chi connectivity index (χ0n) is 11.2. The lowest BCUT2D eigenvalue weighted by Crippen LogP contribution is -2.37. The molecule has 24 heavy (non-hydrogen) atoms. The lowest BCUT2D eigenvalue weighted by Gasteiger charge is -2.15. The summed E-state index contributed by atoms with van der Waals surface area (Å²) in [5, 5.41) is 0. The highest BCUT2D eigenvalue weighted by Gasteiger charge is 2.50. The van der Waals surface area contributed by atoms with Gasteiger partial charge in [-0.05, 0) is 0 Å². The molecule has 0 aromatic carbocycles. The first-order valence-corrected chi connectivity index (χ1v) is 5.14. The highest BCUT2D eigenvalue weighted by Crippen LogP contribution is 2.25. The predicted molar refractivity (Wildman–Crippen MR) is 50.9 cm³/mol. The van der Waals surface area contributed by atoms with Crippen LogP contribution < -0.4 is 0 Å². The summed E-state index contributed by atoms with van der Waals surface area (Å²) in [6.45, 7) is -2.30. The van der Waals surface area contributed by atoms with Crippen LogP contribution in [0.2, 0.25) is 0 Å². The fraction of sp³-hybridized carbons (Fsp3) is 0.778. The average molecular weight is 388 g/mol. The summed E-state index contributed by atoms with van der Waals surface area (Å²) in [7, 11) is 0.610. The third-order valence-corrected chi connectivity index (χ3v) is 1.68. The van der Waals surface area contributed by atoms with E-state index in [1.165, 1.54) is 0 Å². The largest absolute Gasteiger partial charge is 0.490 e. The van der Waals surface area contributed by atoms with E-state index in [9.17, 15) is 57.9 Å². The third-order valence-electron chi connectivity index (χ3n) is 1.68. The van der Waals surface area contributed by atoms with Gasteiger partial charge in [-0.25, -0.2) is 27.2 Å². The number of alkyl halides is 11. The second kappa shape index (κ2) is 8.86. The van der Waals surface area contributed by atoms with Crippen molar-refractivity contribution in [3.8, 4) is 0 Å². The molecule has 0 aliphatic heterocycles. The molecule has 0 aromatic heterocycles. The molecule has 15 heteroatoms. The Hall–Kier alpha value is -1.83. The zero-order valence-corrected chi connectivity index (χ0v) is 11.2. The van der Waals surface area contributed by atoms with Crippen molar-refractivity contribution in [3.05, 3.63) is 0 Å². The van der Waals surface area contributed by atoms with E-state index >= 15 is 0 Å². The first-order chi connectivity index (χ1) is 10.5. The molecule has 0 aliphatic rings. The molecule has 0 amide bonds. The maximum Gasteiger partial charge on any atom is 0.490 e. The van der Waals surface area contributed by atoms with Crippen LogP contribution in [-0.4, -0.2) is 56.5 Å². The van der Waals surface area contributed by atoms with Gasteiger partial charge in [0.2, 0.25) is 0 Å². The van der Waals surface area contributed by atoms with E-state index in [1.54, 1.807) is 0 Å². The number of hydrogen-bond donors (Lipinski definition) is 0. The normalized spacial score (nSPS) is 12.6. The number of ether oxygens (including phenoxy) is 2. The molecular weight excluding hydrogens is 381 g/mol. The first-order valence-electron chi connectivity index (χ1n) is 5.14. The molecule has 0 unspecified atom stereocenters. The van der Waals surface area contributed by atoms with Crippen LogP contribution in [0.3, 0.4) is 0 Å². The second-order valence-corrected chi connectivity index (χ2v) is 3.55. The van der Waals surface area contributed by atoms with Gasteiger partial charge < -0.3 is 9.47 Å². The van der Waals surface area contributed by atoms with Crippen molar-refractivity contribution in [2.75, 3.05) is 13.7 Å². The van der Waals surface area contributed by atoms with E-state index in [4.69, 9.17) is 0 Å². The van der Waals surface area contributed by atoms with E-state index in [0.29, 0.717) is 7.11 Å². The molecule has 4 nitrogen and oxygen atoms in total. The minimum atomic E-state index is -5.47. The monoisotopic (exact) mass is 388 g/mol. The second-order valence-electron chi connectivity index (χ2n) is 3.55. The molecule has 0 heterocycles. The van der Waals surface area contributed by atoms with E-state index < -0.39 is 49.4 Å². The molecule has 0 radical (unpaired) electrons. The van der Waals surface area contributed by atoms with Crippen LogP contribution in [0.1, 0.15) is 0 Å². The Morgan fingerprint density at radius 2 is 1.25 bits per heavy atom. The van der Waals surface area contributed by atoms with Crippen molar-refractivity contribution in [2.24, 2.45) is 0 Å².